The number of carbonyl (C=O) groups excluding carboxylic acids is 2. The molecule has 11 nitrogen and oxygen atoms in total. The number of hydrogen-bond acceptors (Lipinski definition) is 7. The van der Waals surface area contributed by atoms with Crippen LogP contribution < -0.4 is 19.7 Å². The largest absolute Gasteiger partial charge is 0.495 e. The first-order valence-electron chi connectivity index (χ1n) is 9.74. The van der Waals surface area contributed by atoms with E-state index in [1.165, 1.54) is 25.3 Å². The Morgan fingerprint density at radius 1 is 1.15 bits per heavy atom. The van der Waals surface area contributed by atoms with E-state index in [0.29, 0.717) is 4.31 Å². The van der Waals surface area contributed by atoms with Crippen LogP contribution in [0.2, 0.25) is 0 Å². The number of nitrogens with zero attached hydrogens (tertiary/aromatic N) is 2. The van der Waals surface area contributed by atoms with Gasteiger partial charge in [0.05, 0.1) is 29.5 Å². The van der Waals surface area contributed by atoms with Crippen LogP contribution in [0.1, 0.15) is 31.1 Å². The lowest BCUT2D eigenvalue weighted by Crippen LogP contribution is -2.41. The summed E-state index contributed by atoms with van der Waals surface area (Å²) in [4.78, 5) is 35.9. The van der Waals surface area contributed by atoms with Crippen molar-refractivity contribution in [1.29, 1.82) is 0 Å². The topological polar surface area (TPSA) is 148 Å². The molecule has 0 heterocycles. The highest BCUT2D eigenvalue weighted by molar-refractivity contribution is 7.92. The Balaban J connectivity index is 2.38. The van der Waals surface area contributed by atoms with Gasteiger partial charge in [0.25, 0.3) is 11.6 Å². The molecule has 12 heteroatoms. The minimum absolute atomic E-state index is 0.0313. The molecule has 0 aliphatic carbocycles. The third-order valence-electron chi connectivity index (χ3n) is 4.26. The molecule has 2 aromatic carbocycles. The SMILES string of the molecule is COc1ccc([N+](=O)[O-])cc1N(CC(=O)Nc1ccccc1C(=O)NC(C)(C)C)S(C)(=O)=O. The first kappa shape index (κ1) is 25.6. The molecular weight excluding hydrogens is 452 g/mol. The molecule has 0 spiro atoms. The Bertz CT molecular complexity index is 1170. The van der Waals surface area contributed by atoms with Crippen LogP contribution >= 0.6 is 0 Å². The molecule has 2 aromatic rings. The van der Waals surface area contributed by atoms with Crippen molar-refractivity contribution < 1.29 is 27.7 Å². The lowest BCUT2D eigenvalue weighted by Gasteiger charge is -2.24. The van der Waals surface area contributed by atoms with E-state index in [1.54, 1.807) is 12.1 Å². The Labute approximate surface area is 191 Å². The Hall–Kier alpha value is -3.67. The number of ether oxygens (including phenoxy) is 1. The number of anilines is 2. The Kier molecular flexibility index (Phi) is 7.64. The normalized spacial score (nSPS) is 11.4. The number of benzene rings is 2. The molecule has 0 radical (unpaired) electrons. The standard InChI is InChI=1S/C21H26N4O7S/c1-21(2,3)23-20(27)15-8-6-7-9-16(15)22-19(26)13-24(33(5,30)31)17-12-14(25(28)29)10-11-18(17)32-4/h6-12H,13H2,1-5H3,(H,22,26)(H,23,27). The molecule has 2 amide bonds. The van der Waals surface area contributed by atoms with E-state index in [1.807, 2.05) is 20.8 Å². The summed E-state index contributed by atoms with van der Waals surface area (Å²) >= 11 is 0. The van der Waals surface area contributed by atoms with Gasteiger partial charge in [0.2, 0.25) is 15.9 Å². The molecule has 2 rings (SSSR count). The molecule has 0 aliphatic rings. The summed E-state index contributed by atoms with van der Waals surface area (Å²) in [5, 5.41) is 16.5. The van der Waals surface area contributed by atoms with E-state index < -0.39 is 38.8 Å². The van der Waals surface area contributed by atoms with Crippen LogP contribution in [0.5, 0.6) is 5.75 Å². The first-order valence-corrected chi connectivity index (χ1v) is 11.6. The summed E-state index contributed by atoms with van der Waals surface area (Å²) in [5.74, 6) is -1.15. The van der Waals surface area contributed by atoms with Gasteiger partial charge < -0.3 is 15.4 Å². The van der Waals surface area contributed by atoms with Gasteiger partial charge in [-0.25, -0.2) is 8.42 Å². The predicted molar refractivity (Wildman–Crippen MR) is 124 cm³/mol. The van der Waals surface area contributed by atoms with Gasteiger partial charge in [0.1, 0.15) is 18.0 Å². The van der Waals surface area contributed by atoms with Crippen LogP contribution in [0.15, 0.2) is 42.5 Å². The second kappa shape index (κ2) is 9.86. The lowest BCUT2D eigenvalue weighted by atomic mass is 10.1. The van der Waals surface area contributed by atoms with Crippen LogP contribution in [0.3, 0.4) is 0 Å². The molecular formula is C21H26N4O7S. The van der Waals surface area contributed by atoms with E-state index in [-0.39, 0.29) is 28.4 Å². The van der Waals surface area contributed by atoms with E-state index in [0.717, 1.165) is 18.4 Å². The molecule has 0 atom stereocenters. The molecule has 0 aromatic heterocycles. The lowest BCUT2D eigenvalue weighted by molar-refractivity contribution is -0.384. The molecule has 0 bridgehead atoms. The molecule has 0 fully saturated rings. The van der Waals surface area contributed by atoms with Crippen molar-refractivity contribution in [2.45, 2.75) is 26.3 Å². The van der Waals surface area contributed by atoms with Crippen LogP contribution in [0, 0.1) is 10.1 Å². The summed E-state index contributed by atoms with van der Waals surface area (Å²) in [6, 6.07) is 9.69. The number of para-hydroxylation sites is 1. The van der Waals surface area contributed by atoms with Crippen molar-refractivity contribution in [1.82, 2.24) is 5.32 Å². The summed E-state index contributed by atoms with van der Waals surface area (Å²) in [6.07, 6.45) is 0.864. The number of hydrogen-bond donors (Lipinski definition) is 2. The number of nitro benzene ring substituents is 1. The molecule has 0 aliphatic heterocycles. The van der Waals surface area contributed by atoms with Crippen molar-refractivity contribution in [2.24, 2.45) is 0 Å². The van der Waals surface area contributed by atoms with Gasteiger partial charge in [-0.3, -0.25) is 24.0 Å². The number of methoxy groups -OCH3 is 1. The van der Waals surface area contributed by atoms with Gasteiger partial charge in [-0.05, 0) is 39.0 Å². The van der Waals surface area contributed by atoms with Gasteiger partial charge in [-0.15, -0.1) is 0 Å². The average molecular weight is 479 g/mol. The minimum atomic E-state index is -4.04. The highest BCUT2D eigenvalue weighted by Gasteiger charge is 2.27. The predicted octanol–water partition coefficient (Wildman–Crippen LogP) is 2.54. The maximum atomic E-state index is 12.8. The van der Waals surface area contributed by atoms with Gasteiger partial charge in [0.15, 0.2) is 0 Å². The number of carbonyl (C=O) groups is 2. The Morgan fingerprint density at radius 2 is 1.79 bits per heavy atom. The van der Waals surface area contributed by atoms with Crippen LogP contribution in [-0.2, 0) is 14.8 Å². The van der Waals surface area contributed by atoms with Crippen molar-refractivity contribution in [2.75, 3.05) is 29.5 Å². The zero-order valence-electron chi connectivity index (χ0n) is 18.9. The van der Waals surface area contributed by atoms with E-state index >= 15 is 0 Å². The highest BCUT2D eigenvalue weighted by atomic mass is 32.2. The van der Waals surface area contributed by atoms with Gasteiger partial charge in [-0.1, -0.05) is 12.1 Å². The summed E-state index contributed by atoms with van der Waals surface area (Å²) < 4.78 is 30.8. The molecule has 178 valence electrons. The highest BCUT2D eigenvalue weighted by Crippen LogP contribution is 2.33. The molecule has 2 N–H and O–H groups in total. The second-order valence-corrected chi connectivity index (χ2v) is 10.1. The molecule has 0 saturated carbocycles. The third-order valence-corrected chi connectivity index (χ3v) is 5.39. The smallest absolute Gasteiger partial charge is 0.271 e. The number of non-ortho nitro benzene ring substituents is 1. The monoisotopic (exact) mass is 478 g/mol. The molecule has 0 saturated heterocycles. The molecule has 33 heavy (non-hydrogen) atoms. The fraction of sp³-hybridized carbons (Fsp3) is 0.333. The number of sulfonamides is 1. The molecule has 0 unspecified atom stereocenters. The maximum absolute atomic E-state index is 12.8. The van der Waals surface area contributed by atoms with E-state index in [9.17, 15) is 28.1 Å². The van der Waals surface area contributed by atoms with Crippen molar-refractivity contribution >= 4 is 38.9 Å². The fourth-order valence-corrected chi connectivity index (χ4v) is 3.74. The van der Waals surface area contributed by atoms with Gasteiger partial charge in [0, 0.05) is 17.7 Å². The van der Waals surface area contributed by atoms with Crippen molar-refractivity contribution in [3.63, 3.8) is 0 Å². The summed E-state index contributed by atoms with van der Waals surface area (Å²) in [6.45, 7) is 4.72. The summed E-state index contributed by atoms with van der Waals surface area (Å²) in [5.41, 5.74) is -0.671. The van der Waals surface area contributed by atoms with Crippen molar-refractivity contribution in [3.05, 3.63) is 58.1 Å². The van der Waals surface area contributed by atoms with Gasteiger partial charge in [-0.2, -0.15) is 0 Å². The summed E-state index contributed by atoms with van der Waals surface area (Å²) in [7, 11) is -2.77. The first-order chi connectivity index (χ1) is 15.2. The number of rotatable bonds is 8. The third kappa shape index (κ3) is 6.91. The number of amides is 2. The van der Waals surface area contributed by atoms with Crippen LogP contribution in [0.25, 0.3) is 0 Å². The average Bonchev–Trinajstić information content (AvgIpc) is 2.69. The second-order valence-electron chi connectivity index (χ2n) is 8.18. The van der Waals surface area contributed by atoms with Crippen molar-refractivity contribution in [3.8, 4) is 5.75 Å². The minimum Gasteiger partial charge on any atom is -0.495 e. The maximum Gasteiger partial charge on any atom is 0.271 e. The Morgan fingerprint density at radius 3 is 2.33 bits per heavy atom. The zero-order chi connectivity index (χ0) is 25.0. The fourth-order valence-electron chi connectivity index (χ4n) is 2.89. The van der Waals surface area contributed by atoms with E-state index in [4.69, 9.17) is 4.74 Å². The van der Waals surface area contributed by atoms with E-state index in [2.05, 4.69) is 10.6 Å². The van der Waals surface area contributed by atoms with Crippen LogP contribution in [-0.4, -0.2) is 50.6 Å². The van der Waals surface area contributed by atoms with Crippen LogP contribution in [0.4, 0.5) is 17.1 Å². The number of nitrogens with one attached hydrogen (secondary N) is 2. The zero-order valence-corrected chi connectivity index (χ0v) is 19.7. The van der Waals surface area contributed by atoms with Gasteiger partial charge >= 0.3 is 0 Å². The number of nitro groups is 1. The quantitative estimate of drug-likeness (QED) is 0.437.